The molecule has 1 heteroatoms. The number of fused-ring (bicyclic) bond motifs is 10. The van der Waals surface area contributed by atoms with Crippen LogP contribution in [0.3, 0.4) is 0 Å². The zero-order chi connectivity index (χ0) is 44.3. The van der Waals surface area contributed by atoms with Crippen molar-refractivity contribution in [3.05, 3.63) is 283 Å². The van der Waals surface area contributed by atoms with E-state index in [0.29, 0.717) is 0 Å². The maximum absolute atomic E-state index is 5.78. The van der Waals surface area contributed by atoms with E-state index < -0.39 is 5.41 Å². The van der Waals surface area contributed by atoms with Crippen LogP contribution in [0.2, 0.25) is 0 Å². The summed E-state index contributed by atoms with van der Waals surface area (Å²) in [5, 5.41) is 0. The Hall–Kier alpha value is -8.65. The van der Waals surface area contributed by atoms with E-state index in [9.17, 15) is 0 Å². The topological polar surface area (TPSA) is 12.9 Å². The zero-order valence-electron chi connectivity index (χ0n) is 36.8. The minimum Gasteiger partial charge on any atom is -0.248 e. The lowest BCUT2D eigenvalue weighted by molar-refractivity contribution is 0.794. The fourth-order valence-corrected chi connectivity index (χ4v) is 11.1. The van der Waals surface area contributed by atoms with Crippen molar-refractivity contribution in [2.24, 2.45) is 0 Å². The van der Waals surface area contributed by atoms with Gasteiger partial charge in [0.1, 0.15) is 0 Å². The Labute approximate surface area is 392 Å². The molecule has 0 atom stereocenters. The Balaban J connectivity index is 1.10. The summed E-state index contributed by atoms with van der Waals surface area (Å²) in [6.07, 6.45) is 0. The van der Waals surface area contributed by atoms with E-state index in [-0.39, 0.29) is 0 Å². The molecule has 0 amide bonds. The lowest BCUT2D eigenvalue weighted by Crippen LogP contribution is -2.25. The number of rotatable bonds is 7. The normalized spacial score (nSPS) is 12.6. The molecule has 11 aromatic rings. The lowest BCUT2D eigenvalue weighted by atomic mass is 9.70. The van der Waals surface area contributed by atoms with Gasteiger partial charge >= 0.3 is 0 Å². The highest BCUT2D eigenvalue weighted by Gasteiger charge is 2.52. The second-order valence-corrected chi connectivity index (χ2v) is 17.8. The molecular weight excluding hydrogens is 807 g/mol. The Morgan fingerprint density at radius 1 is 0.209 bits per heavy atom. The standard InChI is InChI=1S/C66H43N/c1-5-20-44(21-6-1)48-36-49(45-22-7-2-8-23-45)39-52(38-48)53-42-63(54-40-50(46-24-9-3-10-25-46)37-51(41-54)47-26-11-4-12-27-47)67-64(43-53)58-31-19-35-62-65(58)57-30-15-18-34-61(57)66(62)59-32-16-13-28-55(59)56-29-14-17-33-60(56)66/h1-43H. The van der Waals surface area contributed by atoms with Crippen molar-refractivity contribution in [3.8, 4) is 100 Å². The first-order valence-corrected chi connectivity index (χ1v) is 23.2. The average Bonchev–Trinajstić information content (AvgIpc) is 3.89. The van der Waals surface area contributed by atoms with Crippen molar-refractivity contribution in [2.75, 3.05) is 0 Å². The van der Waals surface area contributed by atoms with Gasteiger partial charge in [0, 0.05) is 11.1 Å². The van der Waals surface area contributed by atoms with Crippen molar-refractivity contribution < 1.29 is 0 Å². The molecule has 0 saturated heterocycles. The molecule has 2 aliphatic carbocycles. The van der Waals surface area contributed by atoms with Crippen LogP contribution in [0.1, 0.15) is 22.3 Å². The zero-order valence-corrected chi connectivity index (χ0v) is 36.8. The van der Waals surface area contributed by atoms with E-state index in [0.717, 1.165) is 44.8 Å². The van der Waals surface area contributed by atoms with Crippen LogP contribution in [0.4, 0.5) is 0 Å². The third-order valence-corrected chi connectivity index (χ3v) is 14.0. The van der Waals surface area contributed by atoms with Crippen LogP contribution in [-0.2, 0) is 5.41 Å². The predicted octanol–water partition coefficient (Wildman–Crippen LogP) is 17.1. The first-order valence-electron chi connectivity index (χ1n) is 23.2. The molecule has 0 bridgehead atoms. The maximum atomic E-state index is 5.78. The summed E-state index contributed by atoms with van der Waals surface area (Å²) in [7, 11) is 0. The molecule has 0 N–H and O–H groups in total. The van der Waals surface area contributed by atoms with Crippen LogP contribution < -0.4 is 0 Å². The van der Waals surface area contributed by atoms with Gasteiger partial charge < -0.3 is 0 Å². The molecule has 312 valence electrons. The molecule has 1 aromatic heterocycles. The van der Waals surface area contributed by atoms with Gasteiger partial charge in [-0.3, -0.25) is 0 Å². The van der Waals surface area contributed by atoms with Gasteiger partial charge in [-0.25, -0.2) is 4.98 Å². The number of hydrogen-bond acceptors (Lipinski definition) is 1. The van der Waals surface area contributed by atoms with Gasteiger partial charge in [-0.2, -0.15) is 0 Å². The van der Waals surface area contributed by atoms with E-state index in [2.05, 4.69) is 261 Å². The summed E-state index contributed by atoms with van der Waals surface area (Å²) < 4.78 is 0. The van der Waals surface area contributed by atoms with Gasteiger partial charge in [-0.1, -0.05) is 212 Å². The molecule has 0 aliphatic heterocycles. The molecule has 1 nitrogen and oxygen atoms in total. The fourth-order valence-electron chi connectivity index (χ4n) is 11.1. The van der Waals surface area contributed by atoms with Crippen LogP contribution in [-0.4, -0.2) is 4.98 Å². The van der Waals surface area contributed by atoms with Gasteiger partial charge in [0.2, 0.25) is 0 Å². The molecule has 1 heterocycles. The Bertz CT molecular complexity index is 3360. The molecule has 0 radical (unpaired) electrons. The smallest absolute Gasteiger partial charge is 0.0725 e. The van der Waals surface area contributed by atoms with Crippen LogP contribution in [0.25, 0.3) is 100 Å². The van der Waals surface area contributed by atoms with Crippen molar-refractivity contribution in [1.82, 2.24) is 4.98 Å². The highest BCUT2D eigenvalue weighted by Crippen LogP contribution is 2.64. The van der Waals surface area contributed by atoms with E-state index in [4.69, 9.17) is 4.98 Å². The third-order valence-electron chi connectivity index (χ3n) is 14.0. The monoisotopic (exact) mass is 849 g/mol. The van der Waals surface area contributed by atoms with Crippen molar-refractivity contribution in [2.45, 2.75) is 5.41 Å². The quantitative estimate of drug-likeness (QED) is 0.156. The van der Waals surface area contributed by atoms with Gasteiger partial charge in [0.25, 0.3) is 0 Å². The summed E-state index contributed by atoms with van der Waals surface area (Å²) in [4.78, 5) is 5.78. The van der Waals surface area contributed by atoms with Crippen LogP contribution >= 0.6 is 0 Å². The van der Waals surface area contributed by atoms with Crippen molar-refractivity contribution in [1.29, 1.82) is 0 Å². The molecule has 13 rings (SSSR count). The molecular formula is C66H43N. The molecule has 2 aliphatic rings. The summed E-state index contributed by atoms with van der Waals surface area (Å²) in [6.45, 7) is 0. The number of nitrogens with zero attached hydrogens (tertiary/aromatic N) is 1. The first-order chi connectivity index (χ1) is 33.2. The van der Waals surface area contributed by atoms with Gasteiger partial charge in [0.05, 0.1) is 16.8 Å². The average molecular weight is 850 g/mol. The van der Waals surface area contributed by atoms with E-state index in [1.165, 1.54) is 77.9 Å². The summed E-state index contributed by atoms with van der Waals surface area (Å²) in [6, 6.07) is 95.6. The second-order valence-electron chi connectivity index (χ2n) is 17.8. The maximum Gasteiger partial charge on any atom is 0.0725 e. The predicted molar refractivity (Wildman–Crippen MR) is 279 cm³/mol. The number of pyridine rings is 1. The van der Waals surface area contributed by atoms with E-state index >= 15 is 0 Å². The van der Waals surface area contributed by atoms with Crippen LogP contribution in [0.5, 0.6) is 0 Å². The summed E-state index contributed by atoms with van der Waals surface area (Å²) in [5.74, 6) is 0. The number of benzene rings is 10. The molecule has 67 heavy (non-hydrogen) atoms. The molecule has 0 unspecified atom stereocenters. The van der Waals surface area contributed by atoms with Gasteiger partial charge in [-0.15, -0.1) is 0 Å². The van der Waals surface area contributed by atoms with Crippen LogP contribution in [0.15, 0.2) is 261 Å². The lowest BCUT2D eigenvalue weighted by Gasteiger charge is -2.30. The second kappa shape index (κ2) is 15.8. The first kappa shape index (κ1) is 38.8. The van der Waals surface area contributed by atoms with Gasteiger partial charge in [-0.05, 0) is 149 Å². The molecule has 0 fully saturated rings. The SMILES string of the molecule is c1ccc(-c2cc(-c3ccccc3)cc(-c3cc(-c4cc(-c5ccccc5)cc(-c5ccccc5)c4)nc(-c4cccc5c4-c4ccccc4C54c5ccccc5-c5ccccc54)c3)c2)cc1. The largest absolute Gasteiger partial charge is 0.248 e. The highest BCUT2D eigenvalue weighted by molar-refractivity contribution is 6.00. The molecule has 0 saturated carbocycles. The van der Waals surface area contributed by atoms with E-state index in [1.54, 1.807) is 0 Å². The van der Waals surface area contributed by atoms with Crippen molar-refractivity contribution >= 4 is 0 Å². The highest BCUT2D eigenvalue weighted by atomic mass is 14.7. The van der Waals surface area contributed by atoms with Gasteiger partial charge in [0.15, 0.2) is 0 Å². The summed E-state index contributed by atoms with van der Waals surface area (Å²) >= 11 is 0. The van der Waals surface area contributed by atoms with E-state index in [1.807, 2.05) is 0 Å². The molecule has 1 spiro atoms. The Kier molecular flexibility index (Phi) is 9.15. The number of hydrogen-bond donors (Lipinski definition) is 0. The Morgan fingerprint density at radius 2 is 0.522 bits per heavy atom. The minimum atomic E-state index is -0.460. The van der Waals surface area contributed by atoms with Crippen molar-refractivity contribution in [3.63, 3.8) is 0 Å². The minimum absolute atomic E-state index is 0.460. The molecule has 10 aromatic carbocycles. The summed E-state index contributed by atoms with van der Waals surface area (Å²) in [5.41, 5.74) is 25.5. The number of aromatic nitrogens is 1. The third kappa shape index (κ3) is 6.35. The Morgan fingerprint density at radius 3 is 0.985 bits per heavy atom. The van der Waals surface area contributed by atoms with Crippen LogP contribution in [0, 0.1) is 0 Å². The fraction of sp³-hybridized carbons (Fsp3) is 0.0152.